The zero-order valence-electron chi connectivity index (χ0n) is 16.3. The molecule has 5 rings (SSSR count). The molecule has 0 aliphatic carbocycles. The summed E-state index contributed by atoms with van der Waals surface area (Å²) < 4.78 is 2.50. The van der Waals surface area contributed by atoms with Crippen molar-refractivity contribution in [3.8, 4) is 0 Å². The Hall–Kier alpha value is -2.81. The van der Waals surface area contributed by atoms with Gasteiger partial charge in [-0.3, -0.25) is 0 Å². The molecule has 0 fully saturated rings. The van der Waals surface area contributed by atoms with Gasteiger partial charge in [0.15, 0.2) is 0 Å². The van der Waals surface area contributed by atoms with Crippen molar-refractivity contribution in [2.75, 3.05) is 4.90 Å². The molecule has 0 bridgehead atoms. The topological polar surface area (TPSA) is 3.24 Å². The molecular formula is C26H20ClNS. The summed E-state index contributed by atoms with van der Waals surface area (Å²) >= 11 is 8.01. The third kappa shape index (κ3) is 3.19. The summed E-state index contributed by atoms with van der Waals surface area (Å²) in [5, 5.41) is 3.31. The smallest absolute Gasteiger partial charge is 0.0490 e. The average molecular weight is 414 g/mol. The summed E-state index contributed by atoms with van der Waals surface area (Å²) in [6.07, 6.45) is 0. The van der Waals surface area contributed by atoms with Crippen LogP contribution in [0.5, 0.6) is 0 Å². The largest absolute Gasteiger partial charge is 0.310 e. The molecule has 1 aromatic heterocycles. The van der Waals surface area contributed by atoms with Crippen molar-refractivity contribution in [1.29, 1.82) is 0 Å². The lowest BCUT2D eigenvalue weighted by atomic mass is 10.1. The second-order valence-electron chi connectivity index (χ2n) is 7.33. The SMILES string of the molecule is Cc1ccccc1N(c1ccc2sc3cc(Cl)ccc3c2c1)c1ccccc1C. The lowest BCUT2D eigenvalue weighted by Crippen LogP contribution is -2.12. The van der Waals surface area contributed by atoms with Crippen LogP contribution in [0, 0.1) is 13.8 Å². The number of aryl methyl sites for hydroxylation is 2. The Labute approximate surface area is 179 Å². The lowest BCUT2D eigenvalue weighted by Gasteiger charge is -2.28. The Balaban J connectivity index is 1.78. The molecule has 5 aromatic rings. The van der Waals surface area contributed by atoms with E-state index in [-0.39, 0.29) is 0 Å². The Morgan fingerprint density at radius 1 is 0.655 bits per heavy atom. The number of thiophene rings is 1. The molecule has 0 amide bonds. The minimum Gasteiger partial charge on any atom is -0.310 e. The molecule has 0 N–H and O–H groups in total. The van der Waals surface area contributed by atoms with E-state index in [4.69, 9.17) is 11.6 Å². The van der Waals surface area contributed by atoms with Crippen LogP contribution < -0.4 is 4.90 Å². The zero-order chi connectivity index (χ0) is 20.0. The normalized spacial score (nSPS) is 11.3. The first-order valence-corrected chi connectivity index (χ1v) is 10.8. The predicted octanol–water partition coefficient (Wildman–Crippen LogP) is 8.79. The monoisotopic (exact) mass is 413 g/mol. The van der Waals surface area contributed by atoms with Gasteiger partial charge in [0.1, 0.15) is 0 Å². The number of nitrogens with zero attached hydrogens (tertiary/aromatic N) is 1. The van der Waals surface area contributed by atoms with E-state index in [2.05, 4.69) is 97.6 Å². The molecule has 0 saturated heterocycles. The molecule has 142 valence electrons. The molecule has 29 heavy (non-hydrogen) atoms. The number of rotatable bonds is 3. The molecule has 0 spiro atoms. The van der Waals surface area contributed by atoms with Crippen LogP contribution in [-0.2, 0) is 0 Å². The van der Waals surface area contributed by atoms with Gasteiger partial charge < -0.3 is 4.90 Å². The molecule has 1 nitrogen and oxygen atoms in total. The van der Waals surface area contributed by atoms with Crippen molar-refractivity contribution in [2.45, 2.75) is 13.8 Å². The Kier molecular flexibility index (Phi) is 4.54. The highest BCUT2D eigenvalue weighted by Gasteiger charge is 2.17. The fourth-order valence-corrected chi connectivity index (χ4v) is 5.28. The van der Waals surface area contributed by atoms with Crippen LogP contribution in [0.4, 0.5) is 17.1 Å². The number of benzene rings is 4. The molecule has 3 heteroatoms. The van der Waals surface area contributed by atoms with Gasteiger partial charge in [-0.05, 0) is 67.4 Å². The first-order chi connectivity index (χ1) is 14.1. The second-order valence-corrected chi connectivity index (χ2v) is 8.85. The maximum Gasteiger partial charge on any atom is 0.0490 e. The number of halogens is 1. The van der Waals surface area contributed by atoms with Crippen LogP contribution in [0.25, 0.3) is 20.2 Å². The number of anilines is 3. The van der Waals surface area contributed by atoms with Crippen molar-refractivity contribution >= 4 is 60.2 Å². The third-order valence-electron chi connectivity index (χ3n) is 5.39. The molecule has 4 aromatic carbocycles. The van der Waals surface area contributed by atoms with Crippen LogP contribution >= 0.6 is 22.9 Å². The first-order valence-electron chi connectivity index (χ1n) is 9.65. The minimum atomic E-state index is 0.783. The van der Waals surface area contributed by atoms with E-state index in [1.54, 1.807) is 11.3 Å². The minimum absolute atomic E-state index is 0.783. The number of fused-ring (bicyclic) bond motifs is 3. The molecular weight excluding hydrogens is 394 g/mol. The molecule has 0 saturated carbocycles. The van der Waals surface area contributed by atoms with Gasteiger partial charge >= 0.3 is 0 Å². The van der Waals surface area contributed by atoms with Gasteiger partial charge in [0.05, 0.1) is 0 Å². The van der Waals surface area contributed by atoms with Crippen LogP contribution in [0.2, 0.25) is 5.02 Å². The quantitative estimate of drug-likeness (QED) is 0.285. The van der Waals surface area contributed by atoms with Crippen molar-refractivity contribution in [3.63, 3.8) is 0 Å². The predicted molar refractivity (Wildman–Crippen MR) is 128 cm³/mol. The average Bonchev–Trinajstić information content (AvgIpc) is 3.08. The molecule has 0 aliphatic rings. The van der Waals surface area contributed by atoms with Gasteiger partial charge in [0.25, 0.3) is 0 Å². The lowest BCUT2D eigenvalue weighted by molar-refractivity contribution is 1.23. The number of hydrogen-bond acceptors (Lipinski definition) is 2. The number of para-hydroxylation sites is 2. The molecule has 1 heterocycles. The van der Waals surface area contributed by atoms with E-state index < -0.39 is 0 Å². The van der Waals surface area contributed by atoms with E-state index in [9.17, 15) is 0 Å². The van der Waals surface area contributed by atoms with Gasteiger partial charge in [0.2, 0.25) is 0 Å². The second kappa shape index (κ2) is 7.22. The summed E-state index contributed by atoms with van der Waals surface area (Å²) in [6.45, 7) is 4.34. The van der Waals surface area contributed by atoms with E-state index in [0.717, 1.165) is 10.7 Å². The molecule has 0 atom stereocenters. The maximum atomic E-state index is 6.22. The Bertz CT molecular complexity index is 1310. The fraction of sp³-hybridized carbons (Fsp3) is 0.0769. The van der Waals surface area contributed by atoms with E-state index in [1.165, 1.54) is 42.7 Å². The summed E-state index contributed by atoms with van der Waals surface area (Å²) in [7, 11) is 0. The van der Waals surface area contributed by atoms with Gasteiger partial charge in [-0.1, -0.05) is 54.1 Å². The van der Waals surface area contributed by atoms with Crippen molar-refractivity contribution in [1.82, 2.24) is 0 Å². The van der Waals surface area contributed by atoms with Gasteiger partial charge in [0, 0.05) is 42.3 Å². The van der Waals surface area contributed by atoms with Gasteiger partial charge in [-0.15, -0.1) is 11.3 Å². The third-order valence-corrected chi connectivity index (χ3v) is 6.76. The standard InChI is InChI=1S/C26H20ClNS/c1-17-7-3-5-9-23(17)28(24-10-6-4-8-18(24)2)20-12-14-25-22(16-20)21-13-11-19(27)15-26(21)29-25/h3-16H,1-2H3. The van der Waals surface area contributed by atoms with E-state index in [0.29, 0.717) is 0 Å². The summed E-state index contributed by atoms with van der Waals surface area (Å²) in [5.74, 6) is 0. The highest BCUT2D eigenvalue weighted by molar-refractivity contribution is 7.25. The van der Waals surface area contributed by atoms with Crippen molar-refractivity contribution in [3.05, 3.63) is 101 Å². The van der Waals surface area contributed by atoms with Crippen molar-refractivity contribution < 1.29 is 0 Å². The summed E-state index contributed by atoms with van der Waals surface area (Å²) in [5.41, 5.74) is 6.05. The Morgan fingerprint density at radius 2 is 1.31 bits per heavy atom. The van der Waals surface area contributed by atoms with Gasteiger partial charge in [-0.25, -0.2) is 0 Å². The number of hydrogen-bond donors (Lipinski definition) is 0. The van der Waals surface area contributed by atoms with Crippen LogP contribution in [0.15, 0.2) is 84.9 Å². The molecule has 0 aliphatic heterocycles. The molecule has 0 radical (unpaired) electrons. The summed E-state index contributed by atoms with van der Waals surface area (Å²) in [4.78, 5) is 2.36. The van der Waals surface area contributed by atoms with Crippen LogP contribution in [-0.4, -0.2) is 0 Å². The highest BCUT2D eigenvalue weighted by atomic mass is 35.5. The van der Waals surface area contributed by atoms with E-state index in [1.807, 2.05) is 6.07 Å². The van der Waals surface area contributed by atoms with Crippen LogP contribution in [0.1, 0.15) is 11.1 Å². The van der Waals surface area contributed by atoms with E-state index >= 15 is 0 Å². The summed E-state index contributed by atoms with van der Waals surface area (Å²) in [6, 6.07) is 30.0. The Morgan fingerprint density at radius 3 is 1.97 bits per heavy atom. The maximum absolute atomic E-state index is 6.22. The van der Waals surface area contributed by atoms with Crippen molar-refractivity contribution in [2.24, 2.45) is 0 Å². The van der Waals surface area contributed by atoms with Crippen LogP contribution in [0.3, 0.4) is 0 Å². The first kappa shape index (κ1) is 18.2. The fourth-order valence-electron chi connectivity index (χ4n) is 3.91. The molecule has 0 unspecified atom stereocenters. The zero-order valence-corrected chi connectivity index (χ0v) is 17.9. The highest BCUT2D eigenvalue weighted by Crippen LogP contribution is 2.42. The van der Waals surface area contributed by atoms with Gasteiger partial charge in [-0.2, -0.15) is 0 Å².